The predicted molar refractivity (Wildman–Crippen MR) is 87.3 cm³/mol. The van der Waals surface area contributed by atoms with Crippen LogP contribution in [0, 0.1) is 11.6 Å². The van der Waals surface area contributed by atoms with Crippen LogP contribution in [0.15, 0.2) is 72.8 Å². The molecular formula is C19H13F2NO2. The summed E-state index contributed by atoms with van der Waals surface area (Å²) in [7, 11) is 0. The standard InChI is InChI=1S/C19H13F2NO2/c20-14-9-10-17(21)18(12-14)22-19(23)13-5-4-8-16(11-13)24-15-6-2-1-3-7-15/h1-12H,(H,22,23). The Hall–Kier alpha value is -3.21. The van der Waals surface area contributed by atoms with Crippen LogP contribution in [0.3, 0.4) is 0 Å². The van der Waals surface area contributed by atoms with Gasteiger partial charge in [-0.25, -0.2) is 8.78 Å². The van der Waals surface area contributed by atoms with Gasteiger partial charge in [0.2, 0.25) is 0 Å². The van der Waals surface area contributed by atoms with Crippen molar-refractivity contribution in [3.8, 4) is 11.5 Å². The van der Waals surface area contributed by atoms with E-state index in [1.807, 2.05) is 18.2 Å². The maximum Gasteiger partial charge on any atom is 0.255 e. The molecule has 0 spiro atoms. The molecule has 0 saturated heterocycles. The lowest BCUT2D eigenvalue weighted by atomic mass is 10.2. The Labute approximate surface area is 137 Å². The largest absolute Gasteiger partial charge is 0.457 e. The molecule has 1 amide bonds. The summed E-state index contributed by atoms with van der Waals surface area (Å²) in [5.41, 5.74) is 0.0569. The molecular weight excluding hydrogens is 312 g/mol. The molecule has 0 saturated carbocycles. The second-order valence-electron chi connectivity index (χ2n) is 5.02. The third-order valence-electron chi connectivity index (χ3n) is 3.25. The van der Waals surface area contributed by atoms with Gasteiger partial charge in [-0.3, -0.25) is 4.79 Å². The first-order valence-electron chi connectivity index (χ1n) is 7.21. The molecule has 0 unspecified atom stereocenters. The highest BCUT2D eigenvalue weighted by Gasteiger charge is 2.11. The summed E-state index contributed by atoms with van der Waals surface area (Å²) in [6, 6.07) is 18.4. The Morgan fingerprint density at radius 1 is 0.833 bits per heavy atom. The Morgan fingerprint density at radius 2 is 1.58 bits per heavy atom. The Morgan fingerprint density at radius 3 is 2.38 bits per heavy atom. The van der Waals surface area contributed by atoms with Crippen molar-refractivity contribution in [1.29, 1.82) is 0 Å². The van der Waals surface area contributed by atoms with Gasteiger partial charge in [-0.1, -0.05) is 24.3 Å². The molecule has 0 aliphatic rings. The van der Waals surface area contributed by atoms with E-state index in [1.165, 1.54) is 6.07 Å². The number of halogens is 2. The average molecular weight is 325 g/mol. The van der Waals surface area contributed by atoms with Crippen LogP contribution in [0.25, 0.3) is 0 Å². The summed E-state index contributed by atoms with van der Waals surface area (Å²) in [5.74, 6) is -0.799. The van der Waals surface area contributed by atoms with Gasteiger partial charge in [0.05, 0.1) is 5.69 Å². The van der Waals surface area contributed by atoms with Crippen LogP contribution in [-0.4, -0.2) is 5.91 Å². The molecule has 0 aromatic heterocycles. The third kappa shape index (κ3) is 3.76. The van der Waals surface area contributed by atoms with Crippen LogP contribution < -0.4 is 10.1 Å². The van der Waals surface area contributed by atoms with E-state index in [1.54, 1.807) is 30.3 Å². The zero-order valence-electron chi connectivity index (χ0n) is 12.5. The summed E-state index contributed by atoms with van der Waals surface area (Å²) in [5, 5.41) is 2.35. The normalized spacial score (nSPS) is 10.2. The smallest absolute Gasteiger partial charge is 0.255 e. The van der Waals surface area contributed by atoms with Crippen molar-refractivity contribution >= 4 is 11.6 Å². The molecule has 0 radical (unpaired) electrons. The summed E-state index contributed by atoms with van der Waals surface area (Å²) in [4.78, 5) is 12.2. The van der Waals surface area contributed by atoms with Crippen LogP contribution in [0.1, 0.15) is 10.4 Å². The number of carbonyl (C=O) groups is 1. The predicted octanol–water partition coefficient (Wildman–Crippen LogP) is 5.01. The fourth-order valence-corrected chi connectivity index (χ4v) is 2.11. The van der Waals surface area contributed by atoms with Gasteiger partial charge in [0.25, 0.3) is 5.91 Å². The van der Waals surface area contributed by atoms with Crippen molar-refractivity contribution in [1.82, 2.24) is 0 Å². The Balaban J connectivity index is 1.78. The molecule has 0 aliphatic carbocycles. The van der Waals surface area contributed by atoms with Crippen LogP contribution >= 0.6 is 0 Å². The van der Waals surface area contributed by atoms with E-state index in [4.69, 9.17) is 4.74 Å². The fourth-order valence-electron chi connectivity index (χ4n) is 2.11. The zero-order valence-corrected chi connectivity index (χ0v) is 12.5. The number of nitrogens with one attached hydrogen (secondary N) is 1. The van der Waals surface area contributed by atoms with Gasteiger partial charge in [-0.15, -0.1) is 0 Å². The Kier molecular flexibility index (Phi) is 4.52. The molecule has 24 heavy (non-hydrogen) atoms. The van der Waals surface area contributed by atoms with Crippen LogP contribution in [-0.2, 0) is 0 Å². The molecule has 3 rings (SSSR count). The van der Waals surface area contributed by atoms with Gasteiger partial charge in [0.15, 0.2) is 0 Å². The maximum absolute atomic E-state index is 13.6. The quantitative estimate of drug-likeness (QED) is 0.732. The summed E-state index contributed by atoms with van der Waals surface area (Å²) < 4.78 is 32.4. The van der Waals surface area contributed by atoms with E-state index in [0.29, 0.717) is 11.5 Å². The van der Waals surface area contributed by atoms with E-state index < -0.39 is 17.5 Å². The highest BCUT2D eigenvalue weighted by atomic mass is 19.1. The van der Waals surface area contributed by atoms with E-state index in [2.05, 4.69) is 5.32 Å². The lowest BCUT2D eigenvalue weighted by Crippen LogP contribution is -2.13. The zero-order chi connectivity index (χ0) is 16.9. The summed E-state index contributed by atoms with van der Waals surface area (Å²) in [6.07, 6.45) is 0. The number of anilines is 1. The minimum Gasteiger partial charge on any atom is -0.457 e. The van der Waals surface area contributed by atoms with Gasteiger partial charge in [-0.2, -0.15) is 0 Å². The highest BCUT2D eigenvalue weighted by molar-refractivity contribution is 6.04. The number of ether oxygens (including phenoxy) is 1. The number of amides is 1. The number of carbonyl (C=O) groups excluding carboxylic acids is 1. The lowest BCUT2D eigenvalue weighted by molar-refractivity contribution is 0.102. The monoisotopic (exact) mass is 325 g/mol. The van der Waals surface area contributed by atoms with Crippen molar-refractivity contribution in [2.45, 2.75) is 0 Å². The van der Waals surface area contributed by atoms with Crippen molar-refractivity contribution < 1.29 is 18.3 Å². The van der Waals surface area contributed by atoms with Gasteiger partial charge < -0.3 is 10.1 Å². The Bertz CT molecular complexity index is 866. The first-order valence-corrected chi connectivity index (χ1v) is 7.21. The van der Waals surface area contributed by atoms with Crippen LogP contribution in [0.4, 0.5) is 14.5 Å². The molecule has 3 aromatic rings. The first-order chi connectivity index (χ1) is 11.6. The van der Waals surface area contributed by atoms with Crippen molar-refractivity contribution in [2.24, 2.45) is 0 Å². The van der Waals surface area contributed by atoms with Crippen LogP contribution in [0.5, 0.6) is 11.5 Å². The molecule has 1 N–H and O–H groups in total. The molecule has 5 heteroatoms. The minimum absolute atomic E-state index is 0.214. The topological polar surface area (TPSA) is 38.3 Å². The second-order valence-corrected chi connectivity index (χ2v) is 5.02. The molecule has 3 aromatic carbocycles. The third-order valence-corrected chi connectivity index (χ3v) is 3.25. The molecule has 0 heterocycles. The van der Waals surface area contributed by atoms with Crippen molar-refractivity contribution in [2.75, 3.05) is 5.32 Å². The van der Waals surface area contributed by atoms with Gasteiger partial charge in [-0.05, 0) is 42.5 Å². The van der Waals surface area contributed by atoms with E-state index in [0.717, 1.165) is 18.2 Å². The van der Waals surface area contributed by atoms with Crippen molar-refractivity contribution in [3.05, 3.63) is 90.0 Å². The summed E-state index contributed by atoms with van der Waals surface area (Å²) >= 11 is 0. The molecule has 3 nitrogen and oxygen atoms in total. The molecule has 120 valence electrons. The lowest BCUT2D eigenvalue weighted by Gasteiger charge is -2.09. The number of benzene rings is 3. The average Bonchev–Trinajstić information content (AvgIpc) is 2.59. The second kappa shape index (κ2) is 6.91. The number of para-hydroxylation sites is 1. The molecule has 0 aliphatic heterocycles. The van der Waals surface area contributed by atoms with Crippen molar-refractivity contribution in [3.63, 3.8) is 0 Å². The number of hydrogen-bond donors (Lipinski definition) is 1. The van der Waals surface area contributed by atoms with E-state index in [9.17, 15) is 13.6 Å². The SMILES string of the molecule is O=C(Nc1cc(F)ccc1F)c1cccc(Oc2ccccc2)c1. The number of rotatable bonds is 4. The highest BCUT2D eigenvalue weighted by Crippen LogP contribution is 2.23. The van der Waals surface area contributed by atoms with Gasteiger partial charge in [0.1, 0.15) is 23.1 Å². The first kappa shape index (κ1) is 15.7. The van der Waals surface area contributed by atoms with E-state index in [-0.39, 0.29) is 11.3 Å². The summed E-state index contributed by atoms with van der Waals surface area (Å²) in [6.45, 7) is 0. The van der Waals surface area contributed by atoms with E-state index >= 15 is 0 Å². The maximum atomic E-state index is 13.6. The minimum atomic E-state index is -0.707. The fraction of sp³-hybridized carbons (Fsp3) is 0. The molecule has 0 fully saturated rings. The van der Waals surface area contributed by atoms with Crippen LogP contribution in [0.2, 0.25) is 0 Å². The number of hydrogen-bond acceptors (Lipinski definition) is 2. The van der Waals surface area contributed by atoms with Gasteiger partial charge >= 0.3 is 0 Å². The molecule has 0 atom stereocenters. The molecule has 0 bridgehead atoms. The van der Waals surface area contributed by atoms with Gasteiger partial charge in [0, 0.05) is 11.6 Å².